The normalized spacial score (nSPS) is 20.7. The SMILES string of the molecule is CN(C)C1CCCN(CCOc2cncc(Cl)c2)C1. The first-order valence-electron chi connectivity index (χ1n) is 6.77. The van der Waals surface area contributed by atoms with E-state index in [9.17, 15) is 0 Å². The Bertz CT molecular complexity index is 400. The number of likely N-dealkylation sites (N-methyl/N-ethyl adjacent to an activating group) is 1. The van der Waals surface area contributed by atoms with E-state index in [2.05, 4.69) is 28.9 Å². The Morgan fingerprint density at radius 2 is 2.32 bits per heavy atom. The first kappa shape index (κ1) is 14.6. The molecule has 1 atom stereocenters. The van der Waals surface area contributed by atoms with Crippen LogP contribution < -0.4 is 4.74 Å². The van der Waals surface area contributed by atoms with E-state index in [4.69, 9.17) is 16.3 Å². The number of ether oxygens (including phenoxy) is 1. The van der Waals surface area contributed by atoms with Crippen LogP contribution in [-0.2, 0) is 0 Å². The number of nitrogens with zero attached hydrogens (tertiary/aromatic N) is 3. The molecule has 2 rings (SSSR count). The van der Waals surface area contributed by atoms with Gasteiger partial charge in [0.25, 0.3) is 0 Å². The fraction of sp³-hybridized carbons (Fsp3) is 0.643. The zero-order valence-corrected chi connectivity index (χ0v) is 12.4. The van der Waals surface area contributed by atoms with Gasteiger partial charge in [-0.2, -0.15) is 0 Å². The summed E-state index contributed by atoms with van der Waals surface area (Å²) in [5.41, 5.74) is 0. The standard InChI is InChI=1S/C14H22ClN3O/c1-17(2)13-4-3-5-18(11-13)6-7-19-14-8-12(15)9-16-10-14/h8-10,13H,3-7,11H2,1-2H3. The minimum Gasteiger partial charge on any atom is -0.491 e. The summed E-state index contributed by atoms with van der Waals surface area (Å²) in [5.74, 6) is 0.744. The van der Waals surface area contributed by atoms with Gasteiger partial charge in [-0.3, -0.25) is 9.88 Å². The first-order chi connectivity index (χ1) is 9.15. The van der Waals surface area contributed by atoms with Crippen molar-refractivity contribution in [2.24, 2.45) is 0 Å². The maximum absolute atomic E-state index is 5.87. The molecule has 19 heavy (non-hydrogen) atoms. The average molecular weight is 284 g/mol. The van der Waals surface area contributed by atoms with Crippen LogP contribution in [0.25, 0.3) is 0 Å². The van der Waals surface area contributed by atoms with Gasteiger partial charge in [0.15, 0.2) is 0 Å². The molecule has 0 aromatic carbocycles. The summed E-state index contributed by atoms with van der Waals surface area (Å²) in [6.45, 7) is 3.94. The number of aromatic nitrogens is 1. The van der Waals surface area contributed by atoms with Gasteiger partial charge in [0.1, 0.15) is 12.4 Å². The number of pyridine rings is 1. The molecule has 0 saturated carbocycles. The second-order valence-corrected chi connectivity index (χ2v) is 5.68. The van der Waals surface area contributed by atoms with Crippen molar-refractivity contribution in [1.29, 1.82) is 0 Å². The molecule has 1 saturated heterocycles. The highest BCUT2D eigenvalue weighted by atomic mass is 35.5. The van der Waals surface area contributed by atoms with Crippen LogP contribution in [0.15, 0.2) is 18.5 Å². The molecule has 0 amide bonds. The first-order valence-corrected chi connectivity index (χ1v) is 7.15. The van der Waals surface area contributed by atoms with Gasteiger partial charge < -0.3 is 9.64 Å². The Morgan fingerprint density at radius 3 is 3.05 bits per heavy atom. The average Bonchev–Trinajstić information content (AvgIpc) is 2.39. The van der Waals surface area contributed by atoms with Gasteiger partial charge in [-0.15, -0.1) is 0 Å². The van der Waals surface area contributed by atoms with Gasteiger partial charge in [0.2, 0.25) is 0 Å². The molecule has 1 aromatic rings. The molecule has 0 aliphatic carbocycles. The highest BCUT2D eigenvalue weighted by Crippen LogP contribution is 2.16. The molecule has 4 nitrogen and oxygen atoms in total. The van der Waals surface area contributed by atoms with Crippen molar-refractivity contribution < 1.29 is 4.74 Å². The van der Waals surface area contributed by atoms with Crippen LogP contribution in [0.5, 0.6) is 5.75 Å². The third kappa shape index (κ3) is 4.64. The molecular weight excluding hydrogens is 262 g/mol. The number of hydrogen-bond acceptors (Lipinski definition) is 4. The Hall–Kier alpha value is -0.840. The summed E-state index contributed by atoms with van der Waals surface area (Å²) in [6.07, 6.45) is 5.87. The second kappa shape index (κ2) is 7.08. The molecule has 1 aliphatic rings. The largest absolute Gasteiger partial charge is 0.491 e. The predicted molar refractivity (Wildman–Crippen MR) is 77.9 cm³/mol. The van der Waals surface area contributed by atoms with Gasteiger partial charge in [-0.25, -0.2) is 0 Å². The lowest BCUT2D eigenvalue weighted by molar-refractivity contribution is 0.117. The number of halogens is 1. The van der Waals surface area contributed by atoms with E-state index in [1.54, 1.807) is 18.5 Å². The molecule has 106 valence electrons. The van der Waals surface area contributed by atoms with E-state index in [1.807, 2.05) is 0 Å². The minimum absolute atomic E-state index is 0.614. The van der Waals surface area contributed by atoms with Crippen molar-refractivity contribution >= 4 is 11.6 Å². The van der Waals surface area contributed by atoms with Crippen LogP contribution >= 0.6 is 11.6 Å². The molecule has 1 unspecified atom stereocenters. The number of piperidine rings is 1. The van der Waals surface area contributed by atoms with Crippen molar-refractivity contribution in [2.45, 2.75) is 18.9 Å². The second-order valence-electron chi connectivity index (χ2n) is 5.25. The van der Waals surface area contributed by atoms with E-state index in [1.165, 1.54) is 19.4 Å². The minimum atomic E-state index is 0.614. The van der Waals surface area contributed by atoms with Crippen molar-refractivity contribution in [3.63, 3.8) is 0 Å². The van der Waals surface area contributed by atoms with Crippen molar-refractivity contribution in [1.82, 2.24) is 14.8 Å². The summed E-state index contributed by atoms with van der Waals surface area (Å²) >= 11 is 5.87. The van der Waals surface area contributed by atoms with Gasteiger partial charge in [0, 0.05) is 31.4 Å². The van der Waals surface area contributed by atoms with E-state index < -0.39 is 0 Å². The molecule has 0 spiro atoms. The van der Waals surface area contributed by atoms with E-state index >= 15 is 0 Å². The molecule has 2 heterocycles. The lowest BCUT2D eigenvalue weighted by atomic mass is 10.1. The number of hydrogen-bond donors (Lipinski definition) is 0. The van der Waals surface area contributed by atoms with Gasteiger partial charge in [-0.05, 0) is 33.5 Å². The Labute approximate surface area is 120 Å². The van der Waals surface area contributed by atoms with Crippen LogP contribution in [0.4, 0.5) is 0 Å². The molecule has 0 radical (unpaired) electrons. The fourth-order valence-electron chi connectivity index (χ4n) is 2.42. The molecule has 5 heteroatoms. The van der Waals surface area contributed by atoms with Crippen molar-refractivity contribution in [3.8, 4) is 5.75 Å². The van der Waals surface area contributed by atoms with E-state index in [-0.39, 0.29) is 0 Å². The third-order valence-corrected chi connectivity index (χ3v) is 3.77. The Balaban J connectivity index is 1.73. The van der Waals surface area contributed by atoms with Crippen LogP contribution in [0, 0.1) is 0 Å². The quantitative estimate of drug-likeness (QED) is 0.828. The van der Waals surface area contributed by atoms with Crippen LogP contribution in [0.1, 0.15) is 12.8 Å². The van der Waals surface area contributed by atoms with Crippen molar-refractivity contribution in [2.75, 3.05) is 40.3 Å². The predicted octanol–water partition coefficient (Wildman–Crippen LogP) is 2.14. The summed E-state index contributed by atoms with van der Waals surface area (Å²) in [5, 5.41) is 0.614. The van der Waals surface area contributed by atoms with E-state index in [0.29, 0.717) is 17.7 Å². The monoisotopic (exact) mass is 283 g/mol. The lowest BCUT2D eigenvalue weighted by Gasteiger charge is -2.35. The Morgan fingerprint density at radius 1 is 1.47 bits per heavy atom. The lowest BCUT2D eigenvalue weighted by Crippen LogP contribution is -2.46. The van der Waals surface area contributed by atoms with Gasteiger partial charge >= 0.3 is 0 Å². The molecule has 0 bridgehead atoms. The zero-order valence-electron chi connectivity index (χ0n) is 11.7. The molecule has 1 aromatic heterocycles. The highest BCUT2D eigenvalue weighted by Gasteiger charge is 2.20. The van der Waals surface area contributed by atoms with Crippen LogP contribution in [0.2, 0.25) is 5.02 Å². The number of rotatable bonds is 5. The van der Waals surface area contributed by atoms with Gasteiger partial charge in [0.05, 0.1) is 11.2 Å². The molecule has 1 aliphatic heterocycles. The third-order valence-electron chi connectivity index (χ3n) is 3.57. The summed E-state index contributed by atoms with van der Waals surface area (Å²) in [6, 6.07) is 2.47. The molecule has 0 N–H and O–H groups in total. The van der Waals surface area contributed by atoms with Crippen molar-refractivity contribution in [3.05, 3.63) is 23.5 Å². The maximum atomic E-state index is 5.87. The fourth-order valence-corrected chi connectivity index (χ4v) is 2.58. The topological polar surface area (TPSA) is 28.6 Å². The van der Waals surface area contributed by atoms with E-state index in [0.717, 1.165) is 18.8 Å². The summed E-state index contributed by atoms with van der Waals surface area (Å²) in [4.78, 5) is 8.79. The summed E-state index contributed by atoms with van der Waals surface area (Å²) in [7, 11) is 4.31. The maximum Gasteiger partial charge on any atom is 0.139 e. The molecular formula is C14H22ClN3O. The zero-order chi connectivity index (χ0) is 13.7. The Kier molecular flexibility index (Phi) is 5.43. The van der Waals surface area contributed by atoms with Crippen LogP contribution in [0.3, 0.4) is 0 Å². The van der Waals surface area contributed by atoms with Crippen LogP contribution in [-0.4, -0.2) is 61.2 Å². The molecule has 1 fully saturated rings. The highest BCUT2D eigenvalue weighted by molar-refractivity contribution is 6.30. The van der Waals surface area contributed by atoms with Gasteiger partial charge in [-0.1, -0.05) is 11.6 Å². The summed E-state index contributed by atoms with van der Waals surface area (Å²) < 4.78 is 5.68. The smallest absolute Gasteiger partial charge is 0.139 e. The number of likely N-dealkylation sites (tertiary alicyclic amines) is 1.